The van der Waals surface area contributed by atoms with Crippen molar-refractivity contribution in [3.63, 3.8) is 0 Å². The lowest BCUT2D eigenvalue weighted by molar-refractivity contribution is 0.0934. The van der Waals surface area contributed by atoms with Crippen LogP contribution < -0.4 is 5.32 Å². The number of rotatable bonds is 8. The van der Waals surface area contributed by atoms with Gasteiger partial charge in [-0.3, -0.25) is 9.48 Å². The lowest BCUT2D eigenvalue weighted by Gasteiger charge is -2.09. The molecule has 6 nitrogen and oxygen atoms in total. The lowest BCUT2D eigenvalue weighted by Crippen LogP contribution is -2.26. The van der Waals surface area contributed by atoms with Gasteiger partial charge in [-0.05, 0) is 24.1 Å². The number of carbonyl (C=O) groups excluding carboxylic acids is 1. The molecule has 2 aromatic heterocycles. The molecule has 0 fully saturated rings. The smallest absolute Gasteiger partial charge is 0.256 e. The summed E-state index contributed by atoms with van der Waals surface area (Å²) >= 11 is 0. The van der Waals surface area contributed by atoms with Gasteiger partial charge in [0.05, 0.1) is 12.8 Å². The number of carbonyl (C=O) groups is 1. The molecule has 1 N–H and O–H groups in total. The number of amides is 1. The van der Waals surface area contributed by atoms with Gasteiger partial charge >= 0.3 is 0 Å². The predicted molar refractivity (Wildman–Crippen MR) is 95.6 cm³/mol. The first kappa shape index (κ1) is 17.0. The topological polar surface area (TPSA) is 61.1 Å². The fraction of sp³-hybridized carbons (Fsp3) is 0.263. The van der Waals surface area contributed by atoms with Crippen LogP contribution in [0.4, 0.5) is 0 Å². The standard InChI is InChI=1S/C19H22N4O2/c1-22-19(23-11-5-6-12-23)17(14-21-22)18(24)20-10-7-13-25-15-16-8-3-2-4-9-16/h2-6,8-9,11-12,14H,7,10,13,15H2,1H3,(H,20,24). The zero-order valence-electron chi connectivity index (χ0n) is 14.3. The number of nitrogens with one attached hydrogen (secondary N) is 1. The Hall–Kier alpha value is -2.86. The first-order valence-electron chi connectivity index (χ1n) is 8.31. The molecule has 0 atom stereocenters. The van der Waals surface area contributed by atoms with E-state index in [1.807, 2.05) is 66.5 Å². The summed E-state index contributed by atoms with van der Waals surface area (Å²) in [5.74, 6) is 0.627. The average Bonchev–Trinajstić information content (AvgIpc) is 3.28. The molecule has 3 rings (SSSR count). The van der Waals surface area contributed by atoms with Crippen LogP contribution in [0.5, 0.6) is 0 Å². The summed E-state index contributed by atoms with van der Waals surface area (Å²) in [6.07, 6.45) is 6.14. The zero-order valence-corrected chi connectivity index (χ0v) is 14.3. The van der Waals surface area contributed by atoms with Crippen LogP contribution in [0.3, 0.4) is 0 Å². The lowest BCUT2D eigenvalue weighted by atomic mass is 10.2. The number of hydrogen-bond acceptors (Lipinski definition) is 3. The molecule has 0 saturated heterocycles. The molecule has 3 aromatic rings. The number of aryl methyl sites for hydroxylation is 1. The number of ether oxygens (including phenoxy) is 1. The summed E-state index contributed by atoms with van der Waals surface area (Å²) < 4.78 is 9.19. The Kier molecular flexibility index (Phi) is 5.64. The molecule has 0 spiro atoms. The SMILES string of the molecule is Cn1ncc(C(=O)NCCCOCc2ccccc2)c1-n1cccc1. The van der Waals surface area contributed by atoms with Gasteiger partial charge in [-0.2, -0.15) is 5.10 Å². The Bertz CT molecular complexity index is 794. The monoisotopic (exact) mass is 338 g/mol. The molecule has 130 valence electrons. The second-order valence-electron chi connectivity index (χ2n) is 5.74. The molecular formula is C19H22N4O2. The van der Waals surface area contributed by atoms with Gasteiger partial charge in [0, 0.05) is 32.6 Å². The molecule has 25 heavy (non-hydrogen) atoms. The maximum Gasteiger partial charge on any atom is 0.256 e. The Labute approximate surface area is 147 Å². The van der Waals surface area contributed by atoms with E-state index in [1.54, 1.807) is 10.9 Å². The van der Waals surface area contributed by atoms with Crippen molar-refractivity contribution in [2.45, 2.75) is 13.0 Å². The Morgan fingerprint density at radius 2 is 1.92 bits per heavy atom. The molecule has 6 heteroatoms. The van der Waals surface area contributed by atoms with E-state index in [4.69, 9.17) is 4.74 Å². The molecule has 2 heterocycles. The quantitative estimate of drug-likeness (QED) is 0.642. The van der Waals surface area contributed by atoms with Crippen molar-refractivity contribution in [2.24, 2.45) is 7.05 Å². The van der Waals surface area contributed by atoms with Gasteiger partial charge in [0.1, 0.15) is 11.4 Å². The Morgan fingerprint density at radius 3 is 2.68 bits per heavy atom. The van der Waals surface area contributed by atoms with Crippen LogP contribution in [0, 0.1) is 0 Å². The van der Waals surface area contributed by atoms with E-state index in [2.05, 4.69) is 10.4 Å². The van der Waals surface area contributed by atoms with Gasteiger partial charge in [-0.25, -0.2) is 0 Å². The van der Waals surface area contributed by atoms with E-state index in [-0.39, 0.29) is 5.91 Å². The summed E-state index contributed by atoms with van der Waals surface area (Å²) in [7, 11) is 1.82. The molecule has 0 aliphatic carbocycles. The number of hydrogen-bond donors (Lipinski definition) is 1. The van der Waals surface area contributed by atoms with Crippen molar-refractivity contribution in [1.29, 1.82) is 0 Å². The van der Waals surface area contributed by atoms with E-state index in [0.717, 1.165) is 17.8 Å². The van der Waals surface area contributed by atoms with Crippen molar-refractivity contribution in [2.75, 3.05) is 13.2 Å². The number of aromatic nitrogens is 3. The highest BCUT2D eigenvalue weighted by Gasteiger charge is 2.16. The summed E-state index contributed by atoms with van der Waals surface area (Å²) in [6, 6.07) is 13.9. The molecule has 1 amide bonds. The van der Waals surface area contributed by atoms with Crippen molar-refractivity contribution in [1.82, 2.24) is 19.7 Å². The molecule has 0 aliphatic rings. The van der Waals surface area contributed by atoms with Crippen molar-refractivity contribution in [3.8, 4) is 5.82 Å². The first-order chi connectivity index (χ1) is 12.3. The van der Waals surface area contributed by atoms with Crippen LogP contribution in [0.2, 0.25) is 0 Å². The highest BCUT2D eigenvalue weighted by Crippen LogP contribution is 2.13. The number of nitrogens with zero attached hydrogens (tertiary/aromatic N) is 3. The molecule has 1 aromatic carbocycles. The summed E-state index contributed by atoms with van der Waals surface area (Å²) in [5.41, 5.74) is 1.71. The minimum Gasteiger partial charge on any atom is -0.377 e. The van der Waals surface area contributed by atoms with E-state index in [0.29, 0.717) is 25.3 Å². The van der Waals surface area contributed by atoms with Gasteiger partial charge in [0.15, 0.2) is 0 Å². The van der Waals surface area contributed by atoms with E-state index in [9.17, 15) is 4.79 Å². The third-order valence-corrected chi connectivity index (χ3v) is 3.86. The van der Waals surface area contributed by atoms with Crippen molar-refractivity contribution >= 4 is 5.91 Å². The van der Waals surface area contributed by atoms with Gasteiger partial charge in [0.25, 0.3) is 5.91 Å². The van der Waals surface area contributed by atoms with Crippen LogP contribution >= 0.6 is 0 Å². The van der Waals surface area contributed by atoms with E-state index >= 15 is 0 Å². The normalized spacial score (nSPS) is 10.8. The van der Waals surface area contributed by atoms with E-state index in [1.165, 1.54) is 0 Å². The molecule has 0 aliphatic heterocycles. The second kappa shape index (κ2) is 8.30. The highest BCUT2D eigenvalue weighted by atomic mass is 16.5. The van der Waals surface area contributed by atoms with Crippen molar-refractivity contribution < 1.29 is 9.53 Å². The first-order valence-corrected chi connectivity index (χ1v) is 8.31. The number of benzene rings is 1. The largest absolute Gasteiger partial charge is 0.377 e. The van der Waals surface area contributed by atoms with Crippen molar-refractivity contribution in [3.05, 3.63) is 72.2 Å². The van der Waals surface area contributed by atoms with Gasteiger partial charge in [0.2, 0.25) is 0 Å². The highest BCUT2D eigenvalue weighted by molar-refractivity contribution is 5.97. The molecular weight excluding hydrogens is 316 g/mol. The van der Waals surface area contributed by atoms with Crippen LogP contribution in [-0.2, 0) is 18.4 Å². The fourth-order valence-electron chi connectivity index (χ4n) is 2.61. The van der Waals surface area contributed by atoms with Gasteiger partial charge in [-0.1, -0.05) is 30.3 Å². The Morgan fingerprint density at radius 1 is 1.16 bits per heavy atom. The summed E-state index contributed by atoms with van der Waals surface area (Å²) in [6.45, 7) is 1.76. The second-order valence-corrected chi connectivity index (χ2v) is 5.74. The fourth-order valence-corrected chi connectivity index (χ4v) is 2.61. The molecule has 0 unspecified atom stereocenters. The van der Waals surface area contributed by atoms with Crippen LogP contribution in [-0.4, -0.2) is 33.4 Å². The van der Waals surface area contributed by atoms with Crippen LogP contribution in [0.25, 0.3) is 5.82 Å². The summed E-state index contributed by atoms with van der Waals surface area (Å²) in [5, 5.41) is 7.12. The third kappa shape index (κ3) is 4.36. The van der Waals surface area contributed by atoms with Crippen LogP contribution in [0.15, 0.2) is 61.1 Å². The Balaban J connectivity index is 1.44. The zero-order chi connectivity index (χ0) is 17.5. The van der Waals surface area contributed by atoms with Gasteiger partial charge in [-0.15, -0.1) is 0 Å². The van der Waals surface area contributed by atoms with E-state index < -0.39 is 0 Å². The maximum atomic E-state index is 12.4. The molecule has 0 saturated carbocycles. The van der Waals surface area contributed by atoms with Gasteiger partial charge < -0.3 is 14.6 Å². The average molecular weight is 338 g/mol. The molecule has 0 bridgehead atoms. The summed E-state index contributed by atoms with van der Waals surface area (Å²) in [4.78, 5) is 12.4. The van der Waals surface area contributed by atoms with Crippen LogP contribution in [0.1, 0.15) is 22.3 Å². The predicted octanol–water partition coefficient (Wildman–Crippen LogP) is 2.55. The third-order valence-electron chi connectivity index (χ3n) is 3.86. The maximum absolute atomic E-state index is 12.4. The minimum absolute atomic E-state index is 0.125. The molecule has 0 radical (unpaired) electrons. The minimum atomic E-state index is -0.125.